The lowest BCUT2D eigenvalue weighted by Crippen LogP contribution is -2.40. The molecule has 9 heteroatoms. The molecule has 0 amide bonds. The van der Waals surface area contributed by atoms with Crippen LogP contribution in [0, 0.1) is 10.8 Å². The highest BCUT2D eigenvalue weighted by Gasteiger charge is 2.39. The molecule has 0 saturated heterocycles. The number of unbranched alkanes of at least 4 members (excludes halogenated alkanes) is 15. The van der Waals surface area contributed by atoms with Crippen LogP contribution in [0.3, 0.4) is 0 Å². The first-order valence-corrected chi connectivity index (χ1v) is 16.6. The zero-order chi connectivity index (χ0) is 31.5. The van der Waals surface area contributed by atoms with Crippen LogP contribution in [-0.4, -0.2) is 68.4 Å². The fourth-order valence-electron chi connectivity index (χ4n) is 6.20. The predicted molar refractivity (Wildman–Crippen MR) is 164 cm³/mol. The first-order chi connectivity index (χ1) is 20.1. The van der Waals surface area contributed by atoms with Gasteiger partial charge in [-0.15, -0.1) is 0 Å². The molecule has 0 rings (SSSR count). The summed E-state index contributed by atoms with van der Waals surface area (Å²) in [4.78, 5) is 32.2. The zero-order valence-electron chi connectivity index (χ0n) is 26.2. The fraction of sp³-hybridized carbons (Fsp3) is 0.909. The summed E-state index contributed by atoms with van der Waals surface area (Å²) < 4.78 is 0. The van der Waals surface area contributed by atoms with Crippen LogP contribution in [0.15, 0.2) is 0 Å². The van der Waals surface area contributed by atoms with Crippen molar-refractivity contribution in [3.05, 3.63) is 0 Å². The van der Waals surface area contributed by atoms with Gasteiger partial charge in [0, 0.05) is 24.7 Å². The lowest BCUT2D eigenvalue weighted by molar-refractivity contribution is -0.138. The van der Waals surface area contributed by atoms with Crippen LogP contribution in [0.25, 0.3) is 0 Å². The Morgan fingerprint density at radius 3 is 0.833 bits per heavy atom. The SMILES string of the molecule is O=C(O)CCCCCCCCC(CCCCCCCCC(=O)O)(CCCCCCCCC(=O)O)CC(CO)(CO)CO. The van der Waals surface area contributed by atoms with Crippen molar-refractivity contribution in [2.75, 3.05) is 19.8 Å². The largest absolute Gasteiger partial charge is 0.481 e. The van der Waals surface area contributed by atoms with E-state index in [-0.39, 0.29) is 44.5 Å². The van der Waals surface area contributed by atoms with E-state index in [4.69, 9.17) is 15.3 Å². The van der Waals surface area contributed by atoms with E-state index in [0.29, 0.717) is 25.7 Å². The molecular formula is C33H62O9. The highest BCUT2D eigenvalue weighted by molar-refractivity contribution is 5.67. The van der Waals surface area contributed by atoms with E-state index < -0.39 is 23.3 Å². The molecule has 0 aromatic heterocycles. The molecule has 0 atom stereocenters. The average molecular weight is 603 g/mol. The van der Waals surface area contributed by atoms with Crippen molar-refractivity contribution in [2.45, 2.75) is 161 Å². The summed E-state index contributed by atoms with van der Waals surface area (Å²) in [5.74, 6) is -2.25. The van der Waals surface area contributed by atoms with E-state index in [1.165, 1.54) is 0 Å². The van der Waals surface area contributed by atoms with Crippen molar-refractivity contribution in [2.24, 2.45) is 10.8 Å². The molecule has 0 saturated carbocycles. The minimum absolute atomic E-state index is 0.107. The van der Waals surface area contributed by atoms with Gasteiger partial charge in [-0.25, -0.2) is 0 Å². The van der Waals surface area contributed by atoms with Crippen LogP contribution in [0.4, 0.5) is 0 Å². The van der Waals surface area contributed by atoms with Crippen LogP contribution in [0.1, 0.15) is 161 Å². The second-order valence-electron chi connectivity index (χ2n) is 12.7. The maximum Gasteiger partial charge on any atom is 0.303 e. The summed E-state index contributed by atoms with van der Waals surface area (Å²) in [6, 6.07) is 0. The Kier molecular flexibility index (Phi) is 24.7. The van der Waals surface area contributed by atoms with Gasteiger partial charge in [-0.1, -0.05) is 96.3 Å². The fourth-order valence-corrected chi connectivity index (χ4v) is 6.20. The van der Waals surface area contributed by atoms with Crippen molar-refractivity contribution in [3.63, 3.8) is 0 Å². The third kappa shape index (κ3) is 21.9. The number of carboxylic acid groups (broad SMARTS) is 3. The number of rotatable bonds is 32. The van der Waals surface area contributed by atoms with Crippen LogP contribution < -0.4 is 0 Å². The predicted octanol–water partition coefficient (Wildman–Crippen LogP) is 6.94. The number of carboxylic acids is 3. The molecule has 42 heavy (non-hydrogen) atoms. The molecule has 0 aliphatic carbocycles. The number of carbonyl (C=O) groups is 3. The Bertz CT molecular complexity index is 609. The zero-order valence-corrected chi connectivity index (χ0v) is 26.2. The van der Waals surface area contributed by atoms with Gasteiger partial charge in [0.2, 0.25) is 0 Å². The highest BCUT2D eigenvalue weighted by Crippen LogP contribution is 2.46. The van der Waals surface area contributed by atoms with Gasteiger partial charge in [0.25, 0.3) is 0 Å². The molecule has 0 aliphatic rings. The molecule has 0 aromatic rings. The Hall–Kier alpha value is -1.71. The minimum atomic E-state index is -0.926. The van der Waals surface area contributed by atoms with E-state index in [2.05, 4.69) is 0 Å². The minimum Gasteiger partial charge on any atom is -0.481 e. The van der Waals surface area contributed by atoms with Gasteiger partial charge in [-0.3, -0.25) is 14.4 Å². The second-order valence-corrected chi connectivity index (χ2v) is 12.7. The summed E-state index contributed by atoms with van der Waals surface area (Å²) >= 11 is 0. The Labute approximate surface area is 254 Å². The topological polar surface area (TPSA) is 173 Å². The second kappa shape index (κ2) is 25.8. The Morgan fingerprint density at radius 2 is 0.595 bits per heavy atom. The average Bonchev–Trinajstić information content (AvgIpc) is 2.95. The molecule has 0 heterocycles. The summed E-state index contributed by atoms with van der Waals surface area (Å²) in [7, 11) is 0. The summed E-state index contributed by atoms with van der Waals surface area (Å²) in [5.41, 5.74) is -1.03. The number of hydrogen-bond acceptors (Lipinski definition) is 6. The van der Waals surface area contributed by atoms with Gasteiger partial charge < -0.3 is 30.6 Å². The smallest absolute Gasteiger partial charge is 0.303 e. The molecule has 248 valence electrons. The van der Waals surface area contributed by atoms with Crippen LogP contribution in [0.5, 0.6) is 0 Å². The molecule has 0 spiro atoms. The molecule has 0 radical (unpaired) electrons. The first-order valence-electron chi connectivity index (χ1n) is 16.6. The highest BCUT2D eigenvalue weighted by atomic mass is 16.4. The van der Waals surface area contributed by atoms with Gasteiger partial charge in [-0.2, -0.15) is 0 Å². The normalized spacial score (nSPS) is 12.1. The van der Waals surface area contributed by atoms with Crippen LogP contribution >= 0.6 is 0 Å². The van der Waals surface area contributed by atoms with Gasteiger partial charge in [0.1, 0.15) is 0 Å². The molecule has 6 N–H and O–H groups in total. The third-order valence-electron chi connectivity index (χ3n) is 8.80. The quantitative estimate of drug-likeness (QED) is 0.0446. The molecular weight excluding hydrogens is 540 g/mol. The molecule has 0 bridgehead atoms. The van der Waals surface area contributed by atoms with Crippen molar-refractivity contribution < 1.29 is 45.0 Å². The maximum absolute atomic E-state index is 10.7. The van der Waals surface area contributed by atoms with E-state index in [0.717, 1.165) is 116 Å². The van der Waals surface area contributed by atoms with Gasteiger partial charge in [0.15, 0.2) is 0 Å². The van der Waals surface area contributed by atoms with Crippen molar-refractivity contribution in [3.8, 4) is 0 Å². The number of hydrogen-bond donors (Lipinski definition) is 6. The summed E-state index contributed by atoms with van der Waals surface area (Å²) in [5, 5.41) is 57.0. The number of aliphatic hydroxyl groups is 3. The van der Waals surface area contributed by atoms with Crippen LogP contribution in [0.2, 0.25) is 0 Å². The van der Waals surface area contributed by atoms with Gasteiger partial charge in [0.05, 0.1) is 19.8 Å². The molecule has 0 aromatic carbocycles. The van der Waals surface area contributed by atoms with Crippen LogP contribution in [-0.2, 0) is 14.4 Å². The van der Waals surface area contributed by atoms with E-state index in [1.807, 2.05) is 0 Å². The molecule has 0 aliphatic heterocycles. The molecule has 9 nitrogen and oxygen atoms in total. The van der Waals surface area contributed by atoms with Gasteiger partial charge in [-0.05, 0) is 50.4 Å². The maximum atomic E-state index is 10.7. The van der Waals surface area contributed by atoms with Crippen molar-refractivity contribution >= 4 is 17.9 Å². The number of aliphatic carboxylic acids is 3. The Balaban J connectivity index is 5.17. The lowest BCUT2D eigenvalue weighted by Gasteiger charge is -2.42. The first kappa shape index (κ1) is 40.3. The standard InChI is InChI=1S/C33H62O9/c34-26-33(27-35,28-36)25-32(22-16-10-4-1-7-13-19-29(37)38,23-17-11-5-2-8-14-20-30(39)40)24-18-12-6-3-9-15-21-31(41)42/h34-36H,1-28H2,(H,37,38)(H,39,40)(H,41,42). The van der Waals surface area contributed by atoms with E-state index >= 15 is 0 Å². The third-order valence-corrected chi connectivity index (χ3v) is 8.80. The van der Waals surface area contributed by atoms with E-state index in [1.54, 1.807) is 0 Å². The lowest BCUT2D eigenvalue weighted by atomic mass is 9.64. The Morgan fingerprint density at radius 1 is 0.357 bits per heavy atom. The van der Waals surface area contributed by atoms with Crippen molar-refractivity contribution in [1.82, 2.24) is 0 Å². The number of aliphatic hydroxyl groups excluding tert-OH is 3. The summed E-state index contributed by atoms with van der Waals surface area (Å²) in [6.45, 7) is -0.796. The van der Waals surface area contributed by atoms with E-state index in [9.17, 15) is 29.7 Å². The van der Waals surface area contributed by atoms with Crippen molar-refractivity contribution in [1.29, 1.82) is 0 Å². The molecule has 0 unspecified atom stereocenters. The monoisotopic (exact) mass is 602 g/mol. The summed E-state index contributed by atoms with van der Waals surface area (Å²) in [6.07, 6.45) is 21.3. The molecule has 0 fully saturated rings. The van der Waals surface area contributed by atoms with Gasteiger partial charge >= 0.3 is 17.9 Å².